The molecule has 12 heavy (non-hydrogen) atoms. The zero-order valence-corrected chi connectivity index (χ0v) is 8.23. The van der Waals surface area contributed by atoms with E-state index in [4.69, 9.17) is 11.6 Å². The minimum atomic E-state index is 0.592. The second-order valence-electron chi connectivity index (χ2n) is 2.80. The van der Waals surface area contributed by atoms with Crippen molar-refractivity contribution in [1.29, 1.82) is 0 Å². The van der Waals surface area contributed by atoms with Crippen LogP contribution in [0.5, 0.6) is 0 Å². The molecule has 0 aliphatic rings. The third kappa shape index (κ3) is 2.12. The largest absolute Gasteiger partial charge is 0.122 e. The van der Waals surface area contributed by atoms with Crippen molar-refractivity contribution >= 4 is 17.2 Å². The van der Waals surface area contributed by atoms with Gasteiger partial charge in [-0.1, -0.05) is 30.3 Å². The Labute approximate surface area is 78.9 Å². The van der Waals surface area contributed by atoms with Crippen LogP contribution in [0.2, 0.25) is 0 Å². The van der Waals surface area contributed by atoms with E-state index < -0.39 is 0 Å². The van der Waals surface area contributed by atoms with Gasteiger partial charge in [-0.3, -0.25) is 0 Å². The fraction of sp³-hybridized carbons (Fsp3) is 0.273. The molecule has 0 N–H and O–H groups in total. The first kappa shape index (κ1) is 9.34. The number of rotatable bonds is 2. The first-order chi connectivity index (χ1) is 5.77. The van der Waals surface area contributed by atoms with Crippen molar-refractivity contribution in [2.45, 2.75) is 19.7 Å². The van der Waals surface area contributed by atoms with Gasteiger partial charge < -0.3 is 0 Å². The Morgan fingerprint density at radius 1 is 1.33 bits per heavy atom. The Morgan fingerprint density at radius 3 is 2.33 bits per heavy atom. The normalized spacial score (nSPS) is 11.8. The molecule has 0 fully saturated rings. The summed E-state index contributed by atoms with van der Waals surface area (Å²) in [5, 5.41) is 0. The lowest BCUT2D eigenvalue weighted by molar-refractivity contribution is 1.39. The van der Waals surface area contributed by atoms with E-state index in [0.29, 0.717) is 5.88 Å². The maximum atomic E-state index is 5.68. The van der Waals surface area contributed by atoms with E-state index in [9.17, 15) is 0 Å². The van der Waals surface area contributed by atoms with Gasteiger partial charge in [0.15, 0.2) is 0 Å². The van der Waals surface area contributed by atoms with Crippen LogP contribution >= 0.6 is 11.6 Å². The van der Waals surface area contributed by atoms with Gasteiger partial charge in [0.1, 0.15) is 0 Å². The van der Waals surface area contributed by atoms with E-state index in [2.05, 4.69) is 37.3 Å². The molecule has 64 valence electrons. The number of alkyl halides is 1. The number of hydrogen-bond acceptors (Lipinski definition) is 0. The molecular weight excluding hydrogens is 168 g/mol. The lowest BCUT2D eigenvalue weighted by atomic mass is 10.1. The Morgan fingerprint density at radius 2 is 1.92 bits per heavy atom. The van der Waals surface area contributed by atoms with Crippen LogP contribution in [0.4, 0.5) is 0 Å². The van der Waals surface area contributed by atoms with Crippen molar-refractivity contribution in [1.82, 2.24) is 0 Å². The van der Waals surface area contributed by atoms with Crippen molar-refractivity contribution in [3.63, 3.8) is 0 Å². The third-order valence-electron chi connectivity index (χ3n) is 2.00. The predicted octanol–water partition coefficient (Wildman–Crippen LogP) is 3.85. The summed E-state index contributed by atoms with van der Waals surface area (Å²) < 4.78 is 0. The number of allylic oxidation sites excluding steroid dienone is 2. The van der Waals surface area contributed by atoms with Crippen molar-refractivity contribution in [2.24, 2.45) is 0 Å². The van der Waals surface area contributed by atoms with Gasteiger partial charge in [0, 0.05) is 5.88 Å². The minimum Gasteiger partial charge on any atom is -0.122 e. The van der Waals surface area contributed by atoms with Crippen LogP contribution in [0.3, 0.4) is 0 Å². The highest BCUT2D eigenvalue weighted by Crippen LogP contribution is 2.14. The van der Waals surface area contributed by atoms with Crippen LogP contribution in [-0.4, -0.2) is 0 Å². The van der Waals surface area contributed by atoms with E-state index in [1.54, 1.807) is 0 Å². The molecule has 0 saturated heterocycles. The van der Waals surface area contributed by atoms with Gasteiger partial charge in [-0.25, -0.2) is 0 Å². The number of benzene rings is 1. The van der Waals surface area contributed by atoms with E-state index in [0.717, 1.165) is 0 Å². The molecule has 0 nitrogen and oxygen atoms in total. The second-order valence-corrected chi connectivity index (χ2v) is 3.07. The van der Waals surface area contributed by atoms with Crippen molar-refractivity contribution < 1.29 is 0 Å². The highest BCUT2D eigenvalue weighted by Gasteiger charge is 1.93. The second kappa shape index (κ2) is 4.32. The zero-order chi connectivity index (χ0) is 8.97. The summed E-state index contributed by atoms with van der Waals surface area (Å²) in [4.78, 5) is 0. The van der Waals surface area contributed by atoms with Crippen LogP contribution in [0.25, 0.3) is 5.57 Å². The SMILES string of the molecule is CC=C(C)c1ccc(CCl)cc1. The first-order valence-electron chi connectivity index (χ1n) is 4.06. The lowest BCUT2D eigenvalue weighted by Crippen LogP contribution is -1.81. The molecule has 0 amide bonds. The first-order valence-corrected chi connectivity index (χ1v) is 4.59. The Balaban J connectivity index is 2.92. The summed E-state index contributed by atoms with van der Waals surface area (Å²) in [6, 6.07) is 8.34. The molecule has 0 radical (unpaired) electrons. The van der Waals surface area contributed by atoms with E-state index in [-0.39, 0.29) is 0 Å². The molecule has 0 saturated carbocycles. The van der Waals surface area contributed by atoms with E-state index >= 15 is 0 Å². The molecule has 1 rings (SSSR count). The molecule has 0 aliphatic carbocycles. The monoisotopic (exact) mass is 180 g/mol. The van der Waals surface area contributed by atoms with Crippen molar-refractivity contribution in [3.05, 3.63) is 41.5 Å². The molecule has 1 aromatic rings. The fourth-order valence-corrected chi connectivity index (χ4v) is 1.20. The Kier molecular flexibility index (Phi) is 3.36. The minimum absolute atomic E-state index is 0.592. The van der Waals surface area contributed by atoms with E-state index in [1.807, 2.05) is 6.92 Å². The van der Waals surface area contributed by atoms with Gasteiger partial charge >= 0.3 is 0 Å². The topological polar surface area (TPSA) is 0 Å². The highest BCUT2D eigenvalue weighted by atomic mass is 35.5. The predicted molar refractivity (Wildman–Crippen MR) is 55.3 cm³/mol. The molecule has 0 aromatic heterocycles. The molecule has 1 heteroatoms. The quantitative estimate of drug-likeness (QED) is 0.607. The van der Waals surface area contributed by atoms with Gasteiger partial charge in [-0.15, -0.1) is 11.6 Å². The molecule has 0 unspecified atom stereocenters. The standard InChI is InChI=1S/C11H13Cl/c1-3-9(2)11-6-4-10(8-12)5-7-11/h3-7H,8H2,1-2H3. The van der Waals surface area contributed by atoms with Gasteiger partial charge in [-0.2, -0.15) is 0 Å². The smallest absolute Gasteiger partial charge is 0.0474 e. The summed E-state index contributed by atoms with van der Waals surface area (Å²) in [5.41, 5.74) is 3.74. The summed E-state index contributed by atoms with van der Waals surface area (Å²) in [5.74, 6) is 0.592. The summed E-state index contributed by atoms with van der Waals surface area (Å²) in [7, 11) is 0. The third-order valence-corrected chi connectivity index (χ3v) is 2.31. The van der Waals surface area contributed by atoms with Crippen LogP contribution in [0, 0.1) is 0 Å². The van der Waals surface area contributed by atoms with Crippen LogP contribution in [0.1, 0.15) is 25.0 Å². The van der Waals surface area contributed by atoms with Crippen LogP contribution in [-0.2, 0) is 5.88 Å². The van der Waals surface area contributed by atoms with Crippen molar-refractivity contribution in [3.8, 4) is 0 Å². The zero-order valence-electron chi connectivity index (χ0n) is 7.47. The molecule has 0 bridgehead atoms. The molecule has 0 heterocycles. The number of halogens is 1. The summed E-state index contributed by atoms with van der Waals surface area (Å²) >= 11 is 5.68. The van der Waals surface area contributed by atoms with Gasteiger partial charge in [0.05, 0.1) is 0 Å². The van der Waals surface area contributed by atoms with Gasteiger partial charge in [0.2, 0.25) is 0 Å². The van der Waals surface area contributed by atoms with Crippen LogP contribution < -0.4 is 0 Å². The Hall–Kier alpha value is -0.750. The van der Waals surface area contributed by atoms with Gasteiger partial charge in [0.25, 0.3) is 0 Å². The Bertz CT molecular complexity index is 270. The van der Waals surface area contributed by atoms with Crippen molar-refractivity contribution in [2.75, 3.05) is 0 Å². The maximum absolute atomic E-state index is 5.68. The summed E-state index contributed by atoms with van der Waals surface area (Å²) in [6.07, 6.45) is 2.11. The average molecular weight is 181 g/mol. The number of hydrogen-bond donors (Lipinski definition) is 0. The van der Waals surface area contributed by atoms with Gasteiger partial charge in [-0.05, 0) is 30.5 Å². The van der Waals surface area contributed by atoms with E-state index in [1.165, 1.54) is 16.7 Å². The molecule has 0 spiro atoms. The fourth-order valence-electron chi connectivity index (χ4n) is 1.02. The maximum Gasteiger partial charge on any atom is 0.0474 e. The average Bonchev–Trinajstić information content (AvgIpc) is 2.17. The molecule has 1 aromatic carbocycles. The van der Waals surface area contributed by atoms with Crippen LogP contribution in [0.15, 0.2) is 30.3 Å². The lowest BCUT2D eigenvalue weighted by Gasteiger charge is -2.01. The summed E-state index contributed by atoms with van der Waals surface area (Å²) in [6.45, 7) is 4.15. The molecule has 0 aliphatic heterocycles. The molecular formula is C11H13Cl. The molecule has 0 atom stereocenters. The highest BCUT2D eigenvalue weighted by molar-refractivity contribution is 6.17.